The minimum absolute atomic E-state index is 0.00916. The summed E-state index contributed by atoms with van der Waals surface area (Å²) in [7, 11) is 0. The summed E-state index contributed by atoms with van der Waals surface area (Å²) in [5.41, 5.74) is 7.05. The molecule has 0 unspecified atom stereocenters. The molecule has 1 aliphatic carbocycles. The summed E-state index contributed by atoms with van der Waals surface area (Å²) >= 11 is 4.92. The molecule has 114 valence electrons. The Labute approximate surface area is 131 Å². The van der Waals surface area contributed by atoms with Gasteiger partial charge >= 0.3 is 0 Å². The van der Waals surface area contributed by atoms with Gasteiger partial charge in [-0.15, -0.1) is 0 Å². The van der Waals surface area contributed by atoms with E-state index in [1.165, 1.54) is 12.8 Å². The number of carbonyl (C=O) groups is 1. The van der Waals surface area contributed by atoms with E-state index < -0.39 is 0 Å². The molecule has 1 aliphatic rings. The van der Waals surface area contributed by atoms with Gasteiger partial charge in [-0.3, -0.25) is 4.79 Å². The molecule has 0 bridgehead atoms. The Bertz CT molecular complexity index is 499. The molecule has 1 aromatic rings. The number of anilines is 1. The van der Waals surface area contributed by atoms with E-state index in [0.29, 0.717) is 24.1 Å². The molecular weight excluding hydrogens is 284 g/mol. The van der Waals surface area contributed by atoms with Crippen LogP contribution in [-0.2, 0) is 9.53 Å². The molecule has 1 saturated carbocycles. The van der Waals surface area contributed by atoms with Crippen LogP contribution in [0.2, 0.25) is 0 Å². The van der Waals surface area contributed by atoms with Crippen LogP contribution in [0.3, 0.4) is 0 Å². The van der Waals surface area contributed by atoms with Crippen molar-refractivity contribution >= 4 is 28.8 Å². The normalized spacial score (nSPS) is 15.0. The van der Waals surface area contributed by atoms with Crippen molar-refractivity contribution < 1.29 is 9.53 Å². The first-order chi connectivity index (χ1) is 10.1. The second-order valence-corrected chi connectivity index (χ2v) is 5.81. The molecule has 0 aromatic heterocycles. The van der Waals surface area contributed by atoms with Crippen LogP contribution in [-0.4, -0.2) is 23.6 Å². The number of hydrogen-bond donors (Lipinski definition) is 2. The number of benzene rings is 1. The lowest BCUT2D eigenvalue weighted by atomic mass is 10.2. The highest BCUT2D eigenvalue weighted by molar-refractivity contribution is 7.80. The molecule has 0 aliphatic heterocycles. The monoisotopic (exact) mass is 306 g/mol. The largest absolute Gasteiger partial charge is 0.389 e. The third kappa shape index (κ3) is 5.44. The average Bonchev–Trinajstić information content (AvgIpc) is 2.97. The SMILES string of the molecule is NC(=S)c1cccc(NC(=O)CCCOC2CCCC2)c1. The van der Waals surface area contributed by atoms with Gasteiger partial charge in [0.25, 0.3) is 0 Å². The van der Waals surface area contributed by atoms with Crippen molar-refractivity contribution in [2.24, 2.45) is 5.73 Å². The highest BCUT2D eigenvalue weighted by atomic mass is 32.1. The van der Waals surface area contributed by atoms with Crippen LogP contribution in [0.1, 0.15) is 44.1 Å². The molecule has 1 amide bonds. The van der Waals surface area contributed by atoms with Gasteiger partial charge in [-0.25, -0.2) is 0 Å². The van der Waals surface area contributed by atoms with Crippen LogP contribution >= 0.6 is 12.2 Å². The van der Waals surface area contributed by atoms with E-state index >= 15 is 0 Å². The highest BCUT2D eigenvalue weighted by Crippen LogP contribution is 2.21. The van der Waals surface area contributed by atoms with Gasteiger partial charge in [0, 0.05) is 24.3 Å². The van der Waals surface area contributed by atoms with Gasteiger partial charge in [-0.2, -0.15) is 0 Å². The van der Waals surface area contributed by atoms with Crippen molar-refractivity contribution in [3.05, 3.63) is 29.8 Å². The van der Waals surface area contributed by atoms with E-state index in [9.17, 15) is 4.79 Å². The Kier molecular flexibility index (Phi) is 6.14. The van der Waals surface area contributed by atoms with Crippen molar-refractivity contribution in [1.29, 1.82) is 0 Å². The van der Waals surface area contributed by atoms with Crippen molar-refractivity contribution in [2.45, 2.75) is 44.6 Å². The van der Waals surface area contributed by atoms with Gasteiger partial charge in [-0.1, -0.05) is 37.2 Å². The second kappa shape index (κ2) is 8.10. The minimum Gasteiger partial charge on any atom is -0.389 e. The smallest absolute Gasteiger partial charge is 0.224 e. The molecule has 0 atom stereocenters. The maximum absolute atomic E-state index is 11.9. The fourth-order valence-electron chi connectivity index (χ4n) is 2.51. The van der Waals surface area contributed by atoms with Crippen LogP contribution < -0.4 is 11.1 Å². The van der Waals surface area contributed by atoms with E-state index in [1.807, 2.05) is 18.2 Å². The Morgan fingerprint density at radius 1 is 1.38 bits per heavy atom. The zero-order valence-electron chi connectivity index (χ0n) is 12.1. The zero-order chi connectivity index (χ0) is 15.1. The molecule has 0 spiro atoms. The Morgan fingerprint density at radius 2 is 2.14 bits per heavy atom. The van der Waals surface area contributed by atoms with E-state index in [0.717, 1.165) is 30.5 Å². The molecular formula is C16H22N2O2S. The summed E-state index contributed by atoms with van der Waals surface area (Å²) in [4.78, 5) is 12.2. The van der Waals surface area contributed by atoms with E-state index in [1.54, 1.807) is 6.07 Å². The molecule has 0 heterocycles. The number of thiocarbonyl (C=S) groups is 1. The maximum Gasteiger partial charge on any atom is 0.224 e. The molecule has 1 fully saturated rings. The third-order valence-corrected chi connectivity index (χ3v) is 3.87. The van der Waals surface area contributed by atoms with Crippen LogP contribution in [0, 0.1) is 0 Å². The first-order valence-electron chi connectivity index (χ1n) is 7.46. The van der Waals surface area contributed by atoms with Crippen LogP contribution in [0.25, 0.3) is 0 Å². The van der Waals surface area contributed by atoms with Gasteiger partial charge < -0.3 is 15.8 Å². The van der Waals surface area contributed by atoms with E-state index in [-0.39, 0.29) is 5.91 Å². The molecule has 1 aromatic carbocycles. The summed E-state index contributed by atoms with van der Waals surface area (Å²) in [6.45, 7) is 0.658. The van der Waals surface area contributed by atoms with Crippen molar-refractivity contribution in [1.82, 2.24) is 0 Å². The molecule has 3 N–H and O–H groups in total. The number of nitrogens with two attached hydrogens (primary N) is 1. The summed E-state index contributed by atoms with van der Waals surface area (Å²) in [6, 6.07) is 7.27. The van der Waals surface area contributed by atoms with Gasteiger partial charge in [0.15, 0.2) is 0 Å². The number of nitrogens with one attached hydrogen (secondary N) is 1. The van der Waals surface area contributed by atoms with Crippen molar-refractivity contribution in [3.63, 3.8) is 0 Å². The van der Waals surface area contributed by atoms with Crippen LogP contribution in [0.15, 0.2) is 24.3 Å². The predicted molar refractivity (Wildman–Crippen MR) is 88.4 cm³/mol. The number of ether oxygens (including phenoxy) is 1. The topological polar surface area (TPSA) is 64.3 Å². The van der Waals surface area contributed by atoms with Crippen molar-refractivity contribution in [3.8, 4) is 0 Å². The molecule has 5 heteroatoms. The molecule has 0 saturated heterocycles. The van der Waals surface area contributed by atoms with Crippen molar-refractivity contribution in [2.75, 3.05) is 11.9 Å². The molecule has 21 heavy (non-hydrogen) atoms. The molecule has 0 radical (unpaired) electrons. The fourth-order valence-corrected chi connectivity index (χ4v) is 2.64. The lowest BCUT2D eigenvalue weighted by Crippen LogP contribution is -2.15. The van der Waals surface area contributed by atoms with E-state index in [2.05, 4.69) is 5.32 Å². The first-order valence-corrected chi connectivity index (χ1v) is 7.87. The molecule has 2 rings (SSSR count). The summed E-state index contributed by atoms with van der Waals surface area (Å²) in [5.74, 6) is -0.00916. The van der Waals surface area contributed by atoms with Crippen LogP contribution in [0.4, 0.5) is 5.69 Å². The van der Waals surface area contributed by atoms with Crippen LogP contribution in [0.5, 0.6) is 0 Å². The summed E-state index contributed by atoms with van der Waals surface area (Å²) < 4.78 is 5.74. The Balaban J connectivity index is 1.69. The Morgan fingerprint density at radius 3 is 2.86 bits per heavy atom. The maximum atomic E-state index is 11.9. The van der Waals surface area contributed by atoms with Gasteiger partial charge in [0.1, 0.15) is 4.99 Å². The van der Waals surface area contributed by atoms with Gasteiger partial charge in [0.05, 0.1) is 6.10 Å². The number of hydrogen-bond acceptors (Lipinski definition) is 3. The lowest BCUT2D eigenvalue weighted by molar-refractivity contribution is -0.116. The fraction of sp³-hybridized carbons (Fsp3) is 0.500. The summed E-state index contributed by atoms with van der Waals surface area (Å²) in [5, 5.41) is 2.86. The quantitative estimate of drug-likeness (QED) is 0.600. The second-order valence-electron chi connectivity index (χ2n) is 5.37. The zero-order valence-corrected chi connectivity index (χ0v) is 13.0. The summed E-state index contributed by atoms with van der Waals surface area (Å²) in [6.07, 6.45) is 6.49. The Hall–Kier alpha value is -1.46. The third-order valence-electron chi connectivity index (χ3n) is 3.63. The predicted octanol–water partition coefficient (Wildman–Crippen LogP) is 3.00. The lowest BCUT2D eigenvalue weighted by Gasteiger charge is -2.11. The van der Waals surface area contributed by atoms with Gasteiger partial charge in [0.2, 0.25) is 5.91 Å². The standard InChI is InChI=1S/C16H22N2O2S/c17-16(21)12-5-3-6-13(11-12)18-15(19)9-4-10-20-14-7-1-2-8-14/h3,5-6,11,14H,1-2,4,7-10H2,(H2,17,21)(H,18,19). The number of carbonyl (C=O) groups excluding carboxylic acids is 1. The number of amides is 1. The van der Waals surface area contributed by atoms with E-state index in [4.69, 9.17) is 22.7 Å². The minimum atomic E-state index is -0.00916. The van der Waals surface area contributed by atoms with Gasteiger partial charge in [-0.05, 0) is 31.4 Å². The average molecular weight is 306 g/mol. The highest BCUT2D eigenvalue weighted by Gasteiger charge is 2.14. The molecule has 4 nitrogen and oxygen atoms in total. The number of rotatable bonds is 7. The first kappa shape index (κ1) is 15.9.